The largest absolute Gasteiger partial charge is 0.285 e. The van der Waals surface area contributed by atoms with E-state index in [-0.39, 0.29) is 5.69 Å². The molecular weight excluding hydrogens is 890 g/mol. The van der Waals surface area contributed by atoms with Crippen molar-refractivity contribution < 1.29 is 9.59 Å². The number of benzene rings is 2. The van der Waals surface area contributed by atoms with E-state index in [1.54, 1.807) is 81.1 Å². The van der Waals surface area contributed by atoms with Gasteiger partial charge in [-0.15, -0.1) is 40.4 Å². The summed E-state index contributed by atoms with van der Waals surface area (Å²) >= 11 is 6.93. The third-order valence-corrected chi connectivity index (χ3v) is 10.1. The van der Waals surface area contributed by atoms with E-state index >= 15 is 0 Å². The van der Waals surface area contributed by atoms with Crippen LogP contribution < -0.4 is 0 Å². The maximum atomic E-state index is 12.1. The predicted molar refractivity (Wildman–Crippen MR) is 233 cm³/mol. The van der Waals surface area contributed by atoms with Gasteiger partial charge in [-0.25, -0.2) is 19.9 Å². The Morgan fingerprint density at radius 1 is 0.684 bits per heavy atom. The SMILES string of the molecule is C#Cc1ccn(C)n1.CC#N.Cn1ccc(C#Cc2ccc3ncsc3c2)n1.Cn1ccc(C(=O)C(=O)c2ccc3ncsc3c2)n1.Ic1cnc2ncsc2c1. The normalized spacial score (nSPS) is 9.81. The van der Waals surface area contributed by atoms with Crippen molar-refractivity contribution in [3.63, 3.8) is 0 Å². The lowest BCUT2D eigenvalue weighted by Crippen LogP contribution is -2.15. The number of aryl methyl sites for hydroxylation is 3. The molecule has 17 heteroatoms. The second-order valence-electron chi connectivity index (χ2n) is 11.3. The molecule has 9 aromatic rings. The zero-order valence-electron chi connectivity index (χ0n) is 30.7. The lowest BCUT2D eigenvalue weighted by atomic mass is 10.1. The van der Waals surface area contributed by atoms with Crippen LogP contribution in [-0.2, 0) is 21.1 Å². The van der Waals surface area contributed by atoms with Gasteiger partial charge in [0.25, 0.3) is 5.78 Å². The van der Waals surface area contributed by atoms with Gasteiger partial charge in [-0.1, -0.05) is 5.92 Å². The molecule has 7 aromatic heterocycles. The third-order valence-electron chi connectivity index (χ3n) is 7.14. The number of carbonyl (C=O) groups is 2. The van der Waals surface area contributed by atoms with Crippen molar-refractivity contribution in [3.8, 4) is 30.3 Å². The summed E-state index contributed by atoms with van der Waals surface area (Å²) in [5.41, 5.74) is 11.1. The monoisotopic (exact) mass is 919 g/mol. The standard InChI is InChI=1S/C13H9N3O2S.C13H9N3S.C6H3IN2S.C6H6N2.C2H3N/c1-16-5-4-10(15-16)13(18)12(17)8-2-3-9-11(6-8)19-7-14-9;1-16-7-6-11(15-16)4-2-10-3-5-12-13(8-10)17-9-14-12;7-4-1-5-6(8-2-4)9-3-10-5;1-3-6-4-5-8(2)7-6;1-2-3/h2-7H,1H3;3,5-9H,1H3;1-3H;1,4-5H,2H3;1H3. The fourth-order valence-electron chi connectivity index (χ4n) is 4.55. The van der Waals surface area contributed by atoms with Crippen LogP contribution in [0.5, 0.6) is 0 Å². The quantitative estimate of drug-likeness (QED) is 0.0741. The summed E-state index contributed by atoms with van der Waals surface area (Å²) in [6.07, 6.45) is 12.2. The number of nitriles is 1. The summed E-state index contributed by atoms with van der Waals surface area (Å²) in [7, 11) is 5.42. The smallest absolute Gasteiger partial charge is 0.253 e. The number of ketones is 2. The molecule has 0 bridgehead atoms. The van der Waals surface area contributed by atoms with Crippen molar-refractivity contribution in [1.29, 1.82) is 5.26 Å². The first-order valence-corrected chi connectivity index (χ1v) is 20.2. The van der Waals surface area contributed by atoms with Crippen LogP contribution in [0, 0.1) is 39.1 Å². The number of aromatic nitrogens is 10. The first-order chi connectivity index (χ1) is 27.6. The highest BCUT2D eigenvalue weighted by atomic mass is 127. The summed E-state index contributed by atoms with van der Waals surface area (Å²) in [6.45, 7) is 1.43. The molecular formula is C40H30IN11O2S3. The van der Waals surface area contributed by atoms with Crippen molar-refractivity contribution in [3.05, 3.63) is 134 Å². The molecule has 13 nitrogen and oxygen atoms in total. The van der Waals surface area contributed by atoms with E-state index in [4.69, 9.17) is 11.7 Å². The van der Waals surface area contributed by atoms with Gasteiger partial charge in [0.1, 0.15) is 17.1 Å². The Morgan fingerprint density at radius 3 is 1.86 bits per heavy atom. The fraction of sp³-hybridized carbons (Fsp3) is 0.100. The van der Waals surface area contributed by atoms with Gasteiger partial charge in [-0.05, 0) is 95.1 Å². The van der Waals surface area contributed by atoms with E-state index in [0.29, 0.717) is 11.3 Å². The minimum atomic E-state index is -0.593. The Bertz CT molecular complexity index is 2930. The van der Waals surface area contributed by atoms with Crippen LogP contribution in [0.1, 0.15) is 44.7 Å². The Kier molecular flexibility index (Phi) is 15.0. The molecule has 0 radical (unpaired) electrons. The fourth-order valence-corrected chi connectivity index (χ4v) is 7.32. The number of hydrogen-bond donors (Lipinski definition) is 0. The number of pyridine rings is 1. The maximum absolute atomic E-state index is 12.1. The molecule has 0 spiro atoms. The van der Waals surface area contributed by atoms with Gasteiger partial charge < -0.3 is 0 Å². The number of terminal acetylenes is 1. The molecule has 7 heterocycles. The molecule has 282 valence electrons. The molecule has 0 atom stereocenters. The van der Waals surface area contributed by atoms with Crippen LogP contribution >= 0.6 is 56.6 Å². The summed E-state index contributed by atoms with van der Waals surface area (Å²) in [5, 5.41) is 19.4. The number of carbonyl (C=O) groups excluding carboxylic acids is 2. The van der Waals surface area contributed by atoms with Crippen LogP contribution in [0.2, 0.25) is 0 Å². The number of thiazole rings is 3. The van der Waals surface area contributed by atoms with Crippen molar-refractivity contribution in [2.45, 2.75) is 6.92 Å². The molecule has 2 aromatic carbocycles. The van der Waals surface area contributed by atoms with Crippen molar-refractivity contribution in [2.75, 3.05) is 0 Å². The topological polar surface area (TPSA) is 163 Å². The third kappa shape index (κ3) is 12.0. The van der Waals surface area contributed by atoms with Gasteiger partial charge in [0.15, 0.2) is 5.65 Å². The highest BCUT2D eigenvalue weighted by molar-refractivity contribution is 14.1. The molecule has 57 heavy (non-hydrogen) atoms. The Balaban J connectivity index is 0.000000149. The summed E-state index contributed by atoms with van der Waals surface area (Å²) < 4.78 is 9.29. The molecule has 0 N–H and O–H groups in total. The van der Waals surface area contributed by atoms with Crippen LogP contribution in [0.15, 0.2) is 102 Å². The van der Waals surface area contributed by atoms with Crippen molar-refractivity contribution >= 4 is 98.9 Å². The number of rotatable bonds is 3. The summed E-state index contributed by atoms with van der Waals surface area (Å²) in [4.78, 5) is 40.7. The molecule has 9 rings (SSSR count). The highest BCUT2D eigenvalue weighted by Crippen LogP contribution is 2.21. The Hall–Kier alpha value is -6.43. The second-order valence-corrected chi connectivity index (χ2v) is 15.2. The lowest BCUT2D eigenvalue weighted by Gasteiger charge is -1.98. The Labute approximate surface area is 352 Å². The summed E-state index contributed by atoms with van der Waals surface area (Å²) in [6, 6.07) is 20.1. The zero-order chi connectivity index (χ0) is 40.7. The Morgan fingerprint density at radius 2 is 1.26 bits per heavy atom. The second kappa shape index (κ2) is 20.5. The number of Topliss-reactive ketones (excluding diaryl/α,β-unsaturated/α-hetero) is 2. The first-order valence-electron chi connectivity index (χ1n) is 16.5. The number of nitrogens with zero attached hydrogens (tertiary/aromatic N) is 11. The molecule has 0 saturated carbocycles. The number of hydrogen-bond acceptors (Lipinski definition) is 13. The van der Waals surface area contributed by atoms with E-state index in [0.717, 1.165) is 45.6 Å². The van der Waals surface area contributed by atoms with Crippen LogP contribution in [0.4, 0.5) is 0 Å². The lowest BCUT2D eigenvalue weighted by molar-refractivity contribution is 0.0813. The van der Waals surface area contributed by atoms with E-state index in [1.165, 1.54) is 29.0 Å². The highest BCUT2D eigenvalue weighted by Gasteiger charge is 2.21. The van der Waals surface area contributed by atoms with Crippen LogP contribution in [0.3, 0.4) is 0 Å². The van der Waals surface area contributed by atoms with Crippen molar-refractivity contribution in [1.82, 2.24) is 49.3 Å². The minimum Gasteiger partial charge on any atom is -0.285 e. The molecule has 0 amide bonds. The van der Waals surface area contributed by atoms with Gasteiger partial charge in [0, 0.05) is 67.6 Å². The number of halogens is 1. The minimum absolute atomic E-state index is 0.164. The number of fused-ring (bicyclic) bond motifs is 3. The summed E-state index contributed by atoms with van der Waals surface area (Å²) in [5.74, 6) is 7.43. The van der Waals surface area contributed by atoms with Gasteiger partial charge in [-0.2, -0.15) is 20.6 Å². The predicted octanol–water partition coefficient (Wildman–Crippen LogP) is 7.75. The van der Waals surface area contributed by atoms with Gasteiger partial charge in [0.05, 0.1) is 47.7 Å². The molecule has 0 aliphatic rings. The van der Waals surface area contributed by atoms with Crippen LogP contribution in [0.25, 0.3) is 30.8 Å². The zero-order valence-corrected chi connectivity index (χ0v) is 35.3. The van der Waals surface area contributed by atoms with Gasteiger partial charge in [-0.3, -0.25) is 23.6 Å². The van der Waals surface area contributed by atoms with E-state index in [2.05, 4.69) is 87.7 Å². The molecule has 0 unspecified atom stereocenters. The van der Waals surface area contributed by atoms with E-state index in [1.807, 2.05) is 61.9 Å². The average molecular weight is 920 g/mol. The van der Waals surface area contributed by atoms with E-state index < -0.39 is 11.6 Å². The molecule has 0 fully saturated rings. The van der Waals surface area contributed by atoms with Gasteiger partial charge >= 0.3 is 0 Å². The van der Waals surface area contributed by atoms with Crippen LogP contribution in [-0.4, -0.2) is 60.8 Å². The first kappa shape index (κ1) is 41.7. The molecule has 0 saturated heterocycles. The molecule has 0 aliphatic heterocycles. The van der Waals surface area contributed by atoms with E-state index in [9.17, 15) is 9.59 Å². The molecule has 0 aliphatic carbocycles. The van der Waals surface area contributed by atoms with Gasteiger partial charge in [0.2, 0.25) is 5.78 Å². The van der Waals surface area contributed by atoms with Crippen molar-refractivity contribution in [2.24, 2.45) is 21.1 Å². The average Bonchev–Trinajstić information content (AvgIpc) is 4.07. The maximum Gasteiger partial charge on any atom is 0.253 e.